The molecule has 6 heteroatoms. The number of hydrogen-bond donors (Lipinski definition) is 0. The van der Waals surface area contributed by atoms with E-state index in [9.17, 15) is 0 Å². The van der Waals surface area contributed by atoms with E-state index in [2.05, 4.69) is 211 Å². The highest BCUT2D eigenvalue weighted by Crippen LogP contribution is 2.46. The predicted molar refractivity (Wildman–Crippen MR) is 281 cm³/mol. The van der Waals surface area contributed by atoms with Gasteiger partial charge in [-0.05, 0) is 92.3 Å². The van der Waals surface area contributed by atoms with Crippen LogP contribution < -0.4 is 0 Å². The molecule has 0 atom stereocenters. The number of thiophene rings is 1. The van der Waals surface area contributed by atoms with Crippen molar-refractivity contribution in [3.63, 3.8) is 0 Å². The Kier molecular flexibility index (Phi) is 7.59. The molecule has 0 radical (unpaired) electrons. The van der Waals surface area contributed by atoms with Gasteiger partial charge in [-0.25, -0.2) is 15.0 Å². The summed E-state index contributed by atoms with van der Waals surface area (Å²) < 4.78 is 12.1. The van der Waals surface area contributed by atoms with Crippen LogP contribution in [0.3, 0.4) is 0 Å². The van der Waals surface area contributed by atoms with Crippen LogP contribution in [0.15, 0.2) is 211 Å². The van der Waals surface area contributed by atoms with Crippen LogP contribution in [0, 0.1) is 0 Å². The smallest absolute Gasteiger partial charge is 0.167 e. The van der Waals surface area contributed by atoms with Crippen LogP contribution in [0.1, 0.15) is 0 Å². The molecule has 0 saturated heterocycles. The van der Waals surface area contributed by atoms with E-state index in [1.54, 1.807) is 11.3 Å². The van der Waals surface area contributed by atoms with Crippen molar-refractivity contribution < 1.29 is 4.42 Å². The Labute approximate surface area is 386 Å². The molecule has 0 amide bonds. The molecule has 15 rings (SSSR count). The lowest BCUT2D eigenvalue weighted by molar-refractivity contribution is 0.673. The molecule has 11 aromatic carbocycles. The minimum Gasteiger partial charge on any atom is -0.455 e. The second-order valence-corrected chi connectivity index (χ2v) is 18.5. The molecular formula is C61H34N4OS. The SMILES string of the molecule is c1ccc2cc3c(cc2c1)c1cc2ccccc2cc1n3-c1ccc(-c2nc(-c3cccc4ccccc34)nc(-c3cccc4c3sc3ccccc34)n2)c2oc3c4ccccc4ccc3c12. The monoisotopic (exact) mass is 870 g/mol. The van der Waals surface area contributed by atoms with E-state index in [4.69, 9.17) is 19.4 Å². The van der Waals surface area contributed by atoms with Crippen LogP contribution in [0.25, 0.3) is 147 Å². The van der Waals surface area contributed by atoms with Gasteiger partial charge < -0.3 is 8.98 Å². The van der Waals surface area contributed by atoms with Gasteiger partial charge in [-0.15, -0.1) is 11.3 Å². The third kappa shape index (κ3) is 5.39. The first-order valence-electron chi connectivity index (χ1n) is 22.6. The van der Waals surface area contributed by atoms with Crippen molar-refractivity contribution >= 4 is 118 Å². The van der Waals surface area contributed by atoms with Gasteiger partial charge in [0.05, 0.1) is 27.7 Å². The van der Waals surface area contributed by atoms with Crippen molar-refractivity contribution in [1.82, 2.24) is 19.5 Å². The Morgan fingerprint density at radius 2 is 0.866 bits per heavy atom. The molecule has 0 bridgehead atoms. The maximum Gasteiger partial charge on any atom is 0.167 e. The summed E-state index contributed by atoms with van der Waals surface area (Å²) in [4.78, 5) is 16.3. The van der Waals surface area contributed by atoms with Gasteiger partial charge in [0.25, 0.3) is 0 Å². The van der Waals surface area contributed by atoms with Gasteiger partial charge >= 0.3 is 0 Å². The van der Waals surface area contributed by atoms with E-state index < -0.39 is 0 Å². The molecule has 0 aliphatic rings. The molecule has 5 nitrogen and oxygen atoms in total. The highest BCUT2D eigenvalue weighted by Gasteiger charge is 2.25. The summed E-state index contributed by atoms with van der Waals surface area (Å²) in [6, 6.07) is 73.8. The minimum absolute atomic E-state index is 0.546. The summed E-state index contributed by atoms with van der Waals surface area (Å²) in [6.45, 7) is 0. The fourth-order valence-electron chi connectivity index (χ4n) is 10.7. The molecule has 0 saturated carbocycles. The average molecular weight is 871 g/mol. The van der Waals surface area contributed by atoms with Crippen molar-refractivity contribution in [3.8, 4) is 39.9 Å². The van der Waals surface area contributed by atoms with Gasteiger partial charge in [-0.3, -0.25) is 0 Å². The van der Waals surface area contributed by atoms with E-state index in [0.717, 1.165) is 81.6 Å². The summed E-state index contributed by atoms with van der Waals surface area (Å²) in [5.74, 6) is 1.77. The average Bonchev–Trinajstić information content (AvgIpc) is 4.07. The molecule has 310 valence electrons. The Balaban J connectivity index is 1.07. The zero-order valence-electron chi connectivity index (χ0n) is 35.7. The maximum absolute atomic E-state index is 7.31. The van der Waals surface area contributed by atoms with E-state index >= 15 is 0 Å². The molecule has 4 heterocycles. The first-order chi connectivity index (χ1) is 33.2. The molecule has 15 aromatic rings. The van der Waals surface area contributed by atoms with Gasteiger partial charge in [-0.1, -0.05) is 152 Å². The second kappa shape index (κ2) is 13.9. The van der Waals surface area contributed by atoms with E-state index in [0.29, 0.717) is 17.5 Å². The molecule has 4 aromatic heterocycles. The number of aromatic nitrogens is 4. The third-order valence-corrected chi connectivity index (χ3v) is 15.0. The van der Waals surface area contributed by atoms with Gasteiger partial charge in [0.2, 0.25) is 0 Å². The molecular weight excluding hydrogens is 837 g/mol. The predicted octanol–water partition coefficient (Wildman–Crippen LogP) is 16.8. The first-order valence-corrected chi connectivity index (χ1v) is 23.4. The Bertz CT molecular complexity index is 4500. The quantitative estimate of drug-likeness (QED) is 0.177. The Morgan fingerprint density at radius 1 is 0.343 bits per heavy atom. The van der Waals surface area contributed by atoms with Crippen molar-refractivity contribution in [2.75, 3.05) is 0 Å². The number of furan rings is 1. The fraction of sp³-hybridized carbons (Fsp3) is 0. The van der Waals surface area contributed by atoms with E-state index in [-0.39, 0.29) is 0 Å². The number of benzene rings is 11. The topological polar surface area (TPSA) is 56.7 Å². The van der Waals surface area contributed by atoms with Gasteiger partial charge in [0.15, 0.2) is 17.5 Å². The molecule has 0 unspecified atom stereocenters. The standard InChI is InChI=1S/C61H34N4OS/c1-3-17-39-33-52-49(31-37(39)15-1)50-32-38-16-2-4-18-40(38)34-53(50)65(52)51-30-29-47(57-55(51)46-28-27-36-14-6-8-21-42(36)56(46)66-57)60-62-59(45-24-11-19-35-13-5-7-20-41(35)45)63-61(64-60)48-25-12-23-44-43-22-9-10-26-54(43)67-58(44)48/h1-34H. The van der Waals surface area contributed by atoms with Crippen molar-refractivity contribution in [2.45, 2.75) is 0 Å². The van der Waals surface area contributed by atoms with Gasteiger partial charge in [-0.2, -0.15) is 0 Å². The largest absolute Gasteiger partial charge is 0.455 e. The summed E-state index contributed by atoms with van der Waals surface area (Å²) in [7, 11) is 0. The molecule has 67 heavy (non-hydrogen) atoms. The van der Waals surface area contributed by atoms with Crippen molar-refractivity contribution in [2.24, 2.45) is 0 Å². The second-order valence-electron chi connectivity index (χ2n) is 17.5. The molecule has 0 aliphatic heterocycles. The lowest BCUT2D eigenvalue weighted by Gasteiger charge is -2.14. The number of rotatable bonds is 4. The lowest BCUT2D eigenvalue weighted by atomic mass is 10.0. The number of fused-ring (bicyclic) bond motifs is 14. The maximum atomic E-state index is 7.31. The highest BCUT2D eigenvalue weighted by molar-refractivity contribution is 7.26. The normalized spacial score (nSPS) is 12.2. The van der Waals surface area contributed by atoms with Crippen LogP contribution in [0.4, 0.5) is 0 Å². The Morgan fingerprint density at radius 3 is 1.58 bits per heavy atom. The third-order valence-electron chi connectivity index (χ3n) is 13.8. The van der Waals surface area contributed by atoms with Gasteiger partial charge in [0.1, 0.15) is 11.2 Å². The number of hydrogen-bond acceptors (Lipinski definition) is 5. The van der Waals surface area contributed by atoms with Crippen LogP contribution >= 0.6 is 11.3 Å². The van der Waals surface area contributed by atoms with E-state index in [1.807, 2.05) is 0 Å². The fourth-order valence-corrected chi connectivity index (χ4v) is 11.9. The minimum atomic E-state index is 0.546. The van der Waals surface area contributed by atoms with Crippen molar-refractivity contribution in [3.05, 3.63) is 206 Å². The van der Waals surface area contributed by atoms with Crippen LogP contribution in [0.2, 0.25) is 0 Å². The van der Waals surface area contributed by atoms with Crippen LogP contribution in [0.5, 0.6) is 0 Å². The molecule has 0 N–H and O–H groups in total. The zero-order chi connectivity index (χ0) is 43.7. The summed E-state index contributed by atoms with van der Waals surface area (Å²) in [5, 5.41) is 16.0. The first kappa shape index (κ1) is 36.6. The Hall–Kier alpha value is -8.71. The summed E-state index contributed by atoms with van der Waals surface area (Å²) in [6.07, 6.45) is 0. The highest BCUT2D eigenvalue weighted by atomic mass is 32.1. The molecule has 0 spiro atoms. The molecule has 0 aliphatic carbocycles. The number of nitrogens with zero attached hydrogens (tertiary/aromatic N) is 4. The summed E-state index contributed by atoms with van der Waals surface area (Å²) in [5.41, 5.74) is 7.55. The van der Waals surface area contributed by atoms with Crippen LogP contribution in [-0.2, 0) is 0 Å². The summed E-state index contributed by atoms with van der Waals surface area (Å²) >= 11 is 1.78. The van der Waals surface area contributed by atoms with E-state index in [1.165, 1.54) is 47.8 Å². The molecule has 0 fully saturated rings. The zero-order valence-corrected chi connectivity index (χ0v) is 36.6. The van der Waals surface area contributed by atoms with Gasteiger partial charge in [0, 0.05) is 52.8 Å². The van der Waals surface area contributed by atoms with Crippen LogP contribution in [-0.4, -0.2) is 19.5 Å². The van der Waals surface area contributed by atoms with Crippen molar-refractivity contribution in [1.29, 1.82) is 0 Å². The lowest BCUT2D eigenvalue weighted by Crippen LogP contribution is -2.02.